The molecule has 0 saturated carbocycles. The monoisotopic (exact) mass is 253 g/mol. The van der Waals surface area contributed by atoms with Crippen LogP contribution in [-0.4, -0.2) is 29.5 Å². The van der Waals surface area contributed by atoms with Gasteiger partial charge >= 0.3 is 0 Å². The van der Waals surface area contributed by atoms with Crippen LogP contribution in [0.3, 0.4) is 0 Å². The highest BCUT2D eigenvalue weighted by molar-refractivity contribution is 5.82. The molecule has 0 amide bonds. The van der Waals surface area contributed by atoms with E-state index in [1.807, 2.05) is 0 Å². The van der Waals surface area contributed by atoms with Gasteiger partial charge in [-0.05, 0) is 49.9 Å². The van der Waals surface area contributed by atoms with Gasteiger partial charge in [0.1, 0.15) is 0 Å². The second-order valence-corrected chi connectivity index (χ2v) is 5.28. The van der Waals surface area contributed by atoms with Gasteiger partial charge in [0.15, 0.2) is 0 Å². The van der Waals surface area contributed by atoms with Gasteiger partial charge in [-0.15, -0.1) is 0 Å². The van der Waals surface area contributed by atoms with Crippen LogP contribution in [0.2, 0.25) is 0 Å². The molecule has 0 spiro atoms. The fourth-order valence-corrected chi connectivity index (χ4v) is 2.80. The molecule has 99 valence electrons. The fourth-order valence-electron chi connectivity index (χ4n) is 2.80. The zero-order valence-electron chi connectivity index (χ0n) is 11.4. The molecule has 0 atom stereocenters. The van der Waals surface area contributed by atoms with Crippen LogP contribution < -0.4 is 0 Å². The lowest BCUT2D eigenvalue weighted by Gasteiger charge is -2.22. The predicted octanol–water partition coefficient (Wildman–Crippen LogP) is 3.56. The molecule has 2 heterocycles. The summed E-state index contributed by atoms with van der Waals surface area (Å²) in [5, 5.41) is 1.39. The SMILES string of the molecule is [C]1=CCN(CCCCc2c[nH]c3ccccc23)CC1. The first-order valence-corrected chi connectivity index (χ1v) is 7.26. The molecule has 3 rings (SSSR count). The Morgan fingerprint density at radius 2 is 2.16 bits per heavy atom. The van der Waals surface area contributed by atoms with Crippen LogP contribution in [0.15, 0.2) is 36.5 Å². The van der Waals surface area contributed by atoms with Crippen LogP contribution in [-0.2, 0) is 6.42 Å². The Bertz CT molecular complexity index is 553. The Labute approximate surface area is 115 Å². The van der Waals surface area contributed by atoms with Crippen molar-refractivity contribution in [2.24, 2.45) is 0 Å². The third-order valence-corrected chi connectivity index (χ3v) is 3.91. The summed E-state index contributed by atoms with van der Waals surface area (Å²) in [5.41, 5.74) is 2.72. The Morgan fingerprint density at radius 1 is 1.21 bits per heavy atom. The van der Waals surface area contributed by atoms with Gasteiger partial charge in [0, 0.05) is 30.2 Å². The lowest BCUT2D eigenvalue weighted by atomic mass is 10.1. The normalized spacial score (nSPS) is 16.2. The maximum Gasteiger partial charge on any atom is 0.0456 e. The molecule has 1 aliphatic heterocycles. The number of unbranched alkanes of at least 4 members (excludes halogenated alkanes) is 1. The van der Waals surface area contributed by atoms with Crippen LogP contribution in [0.5, 0.6) is 0 Å². The van der Waals surface area contributed by atoms with E-state index >= 15 is 0 Å². The van der Waals surface area contributed by atoms with Crippen molar-refractivity contribution in [1.29, 1.82) is 0 Å². The topological polar surface area (TPSA) is 19.0 Å². The van der Waals surface area contributed by atoms with Gasteiger partial charge < -0.3 is 4.98 Å². The maximum atomic E-state index is 3.35. The van der Waals surface area contributed by atoms with E-state index in [0.29, 0.717) is 0 Å². The molecule has 0 aliphatic carbocycles. The molecule has 1 aliphatic rings. The van der Waals surface area contributed by atoms with Crippen molar-refractivity contribution in [3.8, 4) is 0 Å². The van der Waals surface area contributed by atoms with Crippen molar-refractivity contribution >= 4 is 10.9 Å². The van der Waals surface area contributed by atoms with E-state index in [9.17, 15) is 0 Å². The summed E-state index contributed by atoms with van der Waals surface area (Å²) in [6.07, 6.45) is 12.5. The summed E-state index contributed by atoms with van der Waals surface area (Å²) >= 11 is 0. The smallest absolute Gasteiger partial charge is 0.0456 e. The standard InChI is InChI=1S/C17H21N2/c1-5-11-19(12-6-1)13-7-4-8-15-14-18-17-10-3-2-9-16(15)17/h2-3,5,9-10,14,18H,4,6-8,11-13H2. The summed E-state index contributed by atoms with van der Waals surface area (Å²) in [5.74, 6) is 0. The summed E-state index contributed by atoms with van der Waals surface area (Å²) < 4.78 is 0. The quantitative estimate of drug-likeness (QED) is 0.807. The number of H-pyrrole nitrogens is 1. The number of benzene rings is 1. The van der Waals surface area contributed by atoms with Gasteiger partial charge in [-0.3, -0.25) is 4.90 Å². The molecular formula is C17H21N2. The van der Waals surface area contributed by atoms with Gasteiger partial charge in [0.2, 0.25) is 0 Å². The van der Waals surface area contributed by atoms with Crippen molar-refractivity contribution in [3.05, 3.63) is 48.2 Å². The van der Waals surface area contributed by atoms with E-state index < -0.39 is 0 Å². The minimum absolute atomic E-state index is 1.09. The van der Waals surface area contributed by atoms with Crippen molar-refractivity contribution in [1.82, 2.24) is 9.88 Å². The third-order valence-electron chi connectivity index (χ3n) is 3.91. The van der Waals surface area contributed by atoms with Crippen LogP contribution >= 0.6 is 0 Å². The highest BCUT2D eigenvalue weighted by atomic mass is 15.1. The number of hydrogen-bond donors (Lipinski definition) is 1. The number of rotatable bonds is 5. The summed E-state index contributed by atoms with van der Waals surface area (Å²) in [4.78, 5) is 5.87. The van der Waals surface area contributed by atoms with E-state index in [0.717, 1.165) is 13.0 Å². The molecule has 1 radical (unpaired) electrons. The zero-order valence-corrected chi connectivity index (χ0v) is 11.4. The van der Waals surface area contributed by atoms with Gasteiger partial charge in [0.05, 0.1) is 0 Å². The summed E-state index contributed by atoms with van der Waals surface area (Å²) in [6.45, 7) is 3.50. The van der Waals surface area contributed by atoms with Crippen molar-refractivity contribution in [3.63, 3.8) is 0 Å². The summed E-state index contributed by atoms with van der Waals surface area (Å²) in [6, 6.07) is 8.57. The minimum Gasteiger partial charge on any atom is -0.361 e. The minimum atomic E-state index is 1.09. The van der Waals surface area contributed by atoms with Crippen LogP contribution in [0.1, 0.15) is 24.8 Å². The number of aryl methyl sites for hydroxylation is 1. The third kappa shape index (κ3) is 3.07. The molecule has 1 aromatic carbocycles. The Hall–Kier alpha value is -1.54. The Morgan fingerprint density at radius 3 is 3.05 bits per heavy atom. The fraction of sp³-hybridized carbons (Fsp3) is 0.412. The molecule has 0 unspecified atom stereocenters. The lowest BCUT2D eigenvalue weighted by Crippen LogP contribution is -2.28. The van der Waals surface area contributed by atoms with Crippen LogP contribution in [0.25, 0.3) is 10.9 Å². The zero-order chi connectivity index (χ0) is 12.9. The van der Waals surface area contributed by atoms with E-state index in [-0.39, 0.29) is 0 Å². The van der Waals surface area contributed by atoms with Gasteiger partial charge in [-0.1, -0.05) is 24.3 Å². The van der Waals surface area contributed by atoms with Gasteiger partial charge in [-0.25, -0.2) is 0 Å². The van der Waals surface area contributed by atoms with E-state index in [2.05, 4.69) is 52.5 Å². The number of aromatic nitrogens is 1. The summed E-state index contributed by atoms with van der Waals surface area (Å²) in [7, 11) is 0. The van der Waals surface area contributed by atoms with Crippen LogP contribution in [0.4, 0.5) is 0 Å². The molecule has 0 saturated heterocycles. The Kier molecular flexibility index (Phi) is 3.99. The molecule has 2 heteroatoms. The molecule has 19 heavy (non-hydrogen) atoms. The lowest BCUT2D eigenvalue weighted by molar-refractivity contribution is 0.290. The number of fused-ring (bicyclic) bond motifs is 1. The molecule has 1 aromatic heterocycles. The number of aromatic amines is 1. The number of nitrogens with zero attached hydrogens (tertiary/aromatic N) is 1. The largest absolute Gasteiger partial charge is 0.361 e. The number of para-hydroxylation sites is 1. The molecule has 1 N–H and O–H groups in total. The molecule has 0 bridgehead atoms. The number of hydrogen-bond acceptors (Lipinski definition) is 1. The van der Waals surface area contributed by atoms with Gasteiger partial charge in [0.25, 0.3) is 0 Å². The highest BCUT2D eigenvalue weighted by Gasteiger charge is 2.06. The van der Waals surface area contributed by atoms with E-state index in [1.165, 1.54) is 48.8 Å². The first-order chi connectivity index (χ1) is 9.43. The van der Waals surface area contributed by atoms with Crippen molar-refractivity contribution in [2.45, 2.75) is 25.7 Å². The number of nitrogens with one attached hydrogen (secondary N) is 1. The first kappa shape index (κ1) is 12.5. The Balaban J connectivity index is 1.48. The maximum absolute atomic E-state index is 3.35. The molecule has 2 nitrogen and oxygen atoms in total. The highest BCUT2D eigenvalue weighted by Crippen LogP contribution is 2.19. The average molecular weight is 253 g/mol. The van der Waals surface area contributed by atoms with Crippen molar-refractivity contribution in [2.75, 3.05) is 19.6 Å². The molecule has 2 aromatic rings. The second kappa shape index (κ2) is 6.07. The van der Waals surface area contributed by atoms with Crippen LogP contribution in [0, 0.1) is 6.08 Å². The van der Waals surface area contributed by atoms with E-state index in [1.54, 1.807) is 0 Å². The van der Waals surface area contributed by atoms with Gasteiger partial charge in [-0.2, -0.15) is 0 Å². The average Bonchev–Trinajstić information content (AvgIpc) is 2.88. The first-order valence-electron chi connectivity index (χ1n) is 7.26. The second-order valence-electron chi connectivity index (χ2n) is 5.28. The van der Waals surface area contributed by atoms with E-state index in [4.69, 9.17) is 0 Å². The van der Waals surface area contributed by atoms with Crippen molar-refractivity contribution < 1.29 is 0 Å². The molecular weight excluding hydrogens is 232 g/mol. The predicted molar refractivity (Wildman–Crippen MR) is 80.1 cm³/mol. The molecule has 0 fully saturated rings.